The highest BCUT2D eigenvalue weighted by molar-refractivity contribution is 6.74. The largest absolute Gasteiger partial charge is 0.417 e. The molecule has 2 atom stereocenters. The van der Waals surface area contributed by atoms with Gasteiger partial charge >= 0.3 is 0 Å². The third-order valence-electron chi connectivity index (χ3n) is 4.74. The molecule has 7 nitrogen and oxygen atoms in total. The second-order valence-corrected chi connectivity index (χ2v) is 13.6. The second kappa shape index (κ2) is 10.1. The van der Waals surface area contributed by atoms with E-state index >= 15 is 0 Å². The van der Waals surface area contributed by atoms with Crippen LogP contribution in [0.15, 0.2) is 0 Å². The van der Waals surface area contributed by atoms with Gasteiger partial charge in [0.15, 0.2) is 8.32 Å². The zero-order valence-corrected chi connectivity index (χ0v) is 18.6. The molecule has 0 aromatic rings. The molecule has 0 unspecified atom stereocenters. The molecule has 4 N–H and O–H groups in total. The van der Waals surface area contributed by atoms with Crippen LogP contribution in [0.4, 0.5) is 0 Å². The Hall–Kier alpha value is -1.41. The van der Waals surface area contributed by atoms with Crippen molar-refractivity contribution in [3.05, 3.63) is 0 Å². The number of carbonyl (C=O) groups is 3. The SMILES string of the molecule is CC(=O)N[C@@H](CC(C)C)C(=O)N[C@H](CCO[Si](C)(C)C(C)(C)C)C(N)=O. The second-order valence-electron chi connectivity index (χ2n) is 8.74. The highest BCUT2D eigenvalue weighted by atomic mass is 28.4. The van der Waals surface area contributed by atoms with Crippen molar-refractivity contribution in [1.29, 1.82) is 0 Å². The fraction of sp³-hybridized carbons (Fsp3) is 0.833. The first kappa shape index (κ1) is 24.6. The number of hydrogen-bond donors (Lipinski definition) is 3. The molecule has 152 valence electrons. The number of nitrogens with one attached hydrogen (secondary N) is 2. The lowest BCUT2D eigenvalue weighted by Gasteiger charge is -2.36. The first-order valence-corrected chi connectivity index (χ1v) is 12.1. The Morgan fingerprint density at radius 3 is 2.00 bits per heavy atom. The van der Waals surface area contributed by atoms with E-state index in [-0.39, 0.29) is 16.9 Å². The van der Waals surface area contributed by atoms with Crippen molar-refractivity contribution in [2.75, 3.05) is 6.61 Å². The van der Waals surface area contributed by atoms with E-state index in [4.69, 9.17) is 10.2 Å². The Balaban J connectivity index is 4.87. The van der Waals surface area contributed by atoms with E-state index < -0.39 is 32.2 Å². The third kappa shape index (κ3) is 8.80. The summed E-state index contributed by atoms with van der Waals surface area (Å²) in [5.74, 6) is -1.08. The molecule has 8 heteroatoms. The lowest BCUT2D eigenvalue weighted by Crippen LogP contribution is -2.53. The van der Waals surface area contributed by atoms with Crippen molar-refractivity contribution in [3.63, 3.8) is 0 Å². The van der Waals surface area contributed by atoms with Crippen LogP contribution >= 0.6 is 0 Å². The third-order valence-corrected chi connectivity index (χ3v) is 9.27. The Labute approximate surface area is 158 Å². The van der Waals surface area contributed by atoms with Gasteiger partial charge in [0.1, 0.15) is 12.1 Å². The minimum absolute atomic E-state index is 0.0617. The summed E-state index contributed by atoms with van der Waals surface area (Å²) in [6.07, 6.45) is 0.791. The van der Waals surface area contributed by atoms with Crippen LogP contribution in [0.3, 0.4) is 0 Å². The highest BCUT2D eigenvalue weighted by Crippen LogP contribution is 2.36. The number of primary amides is 1. The van der Waals surface area contributed by atoms with Crippen molar-refractivity contribution in [2.24, 2.45) is 11.7 Å². The predicted octanol–water partition coefficient (Wildman–Crippen LogP) is 1.92. The Morgan fingerprint density at radius 2 is 1.62 bits per heavy atom. The van der Waals surface area contributed by atoms with Gasteiger partial charge in [-0.25, -0.2) is 0 Å². The Morgan fingerprint density at radius 1 is 1.08 bits per heavy atom. The summed E-state index contributed by atoms with van der Waals surface area (Å²) in [6, 6.07) is -1.51. The fourth-order valence-electron chi connectivity index (χ4n) is 2.15. The molecule has 0 aliphatic heterocycles. The van der Waals surface area contributed by atoms with Crippen LogP contribution in [0.25, 0.3) is 0 Å². The number of amides is 3. The maximum atomic E-state index is 12.5. The van der Waals surface area contributed by atoms with Crippen molar-refractivity contribution in [2.45, 2.75) is 84.6 Å². The van der Waals surface area contributed by atoms with E-state index in [9.17, 15) is 14.4 Å². The number of rotatable bonds is 10. The van der Waals surface area contributed by atoms with E-state index in [0.29, 0.717) is 19.4 Å². The van der Waals surface area contributed by atoms with Gasteiger partial charge in [-0.15, -0.1) is 0 Å². The molecular formula is C18H37N3O4Si. The zero-order chi connectivity index (χ0) is 20.7. The average Bonchev–Trinajstić information content (AvgIpc) is 2.42. The monoisotopic (exact) mass is 387 g/mol. The molecule has 0 radical (unpaired) electrons. The first-order chi connectivity index (χ1) is 11.7. The summed E-state index contributed by atoms with van der Waals surface area (Å²) in [6.45, 7) is 16.3. The summed E-state index contributed by atoms with van der Waals surface area (Å²) in [5, 5.41) is 5.35. The maximum absolute atomic E-state index is 12.5. The minimum Gasteiger partial charge on any atom is -0.417 e. The molecule has 3 amide bonds. The zero-order valence-electron chi connectivity index (χ0n) is 17.6. The van der Waals surface area contributed by atoms with Crippen molar-refractivity contribution in [3.8, 4) is 0 Å². The number of carbonyl (C=O) groups excluding carboxylic acids is 3. The molecule has 0 fully saturated rings. The van der Waals surface area contributed by atoms with Crippen LogP contribution in [-0.2, 0) is 18.8 Å². The van der Waals surface area contributed by atoms with Crippen LogP contribution in [0.2, 0.25) is 18.1 Å². The minimum atomic E-state index is -1.93. The number of nitrogens with two attached hydrogens (primary N) is 1. The Kier molecular flexibility index (Phi) is 9.51. The summed E-state index contributed by atoms with van der Waals surface area (Å²) in [7, 11) is -1.93. The molecule has 26 heavy (non-hydrogen) atoms. The normalized spacial score (nSPS) is 14.7. The summed E-state index contributed by atoms with van der Waals surface area (Å²) < 4.78 is 6.06. The quantitative estimate of drug-likeness (QED) is 0.497. The standard InChI is InChI=1S/C18H37N3O4Si/c1-12(2)11-15(20-13(3)22)17(24)21-14(16(19)23)9-10-25-26(7,8)18(4,5)6/h12,14-15H,9-11H2,1-8H3,(H2,19,23)(H,20,22)(H,21,24)/t14-,15+/m1/s1. The Bertz CT molecular complexity index is 501. The van der Waals surface area contributed by atoms with Gasteiger partial charge in [-0.1, -0.05) is 34.6 Å². The lowest BCUT2D eigenvalue weighted by atomic mass is 10.0. The van der Waals surface area contributed by atoms with E-state index in [1.807, 2.05) is 13.8 Å². The molecule has 0 heterocycles. The molecule has 0 aromatic carbocycles. The van der Waals surface area contributed by atoms with Gasteiger partial charge in [0.05, 0.1) is 0 Å². The van der Waals surface area contributed by atoms with Crippen molar-refractivity contribution >= 4 is 26.0 Å². The van der Waals surface area contributed by atoms with Gasteiger partial charge < -0.3 is 20.8 Å². The summed E-state index contributed by atoms with van der Waals surface area (Å²) in [4.78, 5) is 35.6. The highest BCUT2D eigenvalue weighted by Gasteiger charge is 2.37. The molecule has 0 aliphatic rings. The van der Waals surface area contributed by atoms with Gasteiger partial charge in [0.2, 0.25) is 17.7 Å². The molecule has 0 saturated heterocycles. The van der Waals surface area contributed by atoms with Gasteiger partial charge in [-0.3, -0.25) is 14.4 Å². The van der Waals surface area contributed by atoms with E-state index in [1.165, 1.54) is 6.92 Å². The molecule has 0 aromatic heterocycles. The topological polar surface area (TPSA) is 111 Å². The van der Waals surface area contributed by atoms with E-state index in [1.54, 1.807) is 0 Å². The van der Waals surface area contributed by atoms with Gasteiger partial charge in [-0.2, -0.15) is 0 Å². The van der Waals surface area contributed by atoms with Crippen molar-refractivity contribution < 1.29 is 18.8 Å². The molecular weight excluding hydrogens is 350 g/mol. The van der Waals surface area contributed by atoms with Crippen LogP contribution in [0.1, 0.15) is 54.4 Å². The fourth-order valence-corrected chi connectivity index (χ4v) is 3.22. The first-order valence-electron chi connectivity index (χ1n) is 9.18. The molecule has 0 saturated carbocycles. The summed E-state index contributed by atoms with van der Waals surface area (Å²) in [5.41, 5.74) is 5.44. The molecule has 0 rings (SSSR count). The van der Waals surface area contributed by atoms with Crippen molar-refractivity contribution in [1.82, 2.24) is 10.6 Å². The van der Waals surface area contributed by atoms with Crippen LogP contribution in [0.5, 0.6) is 0 Å². The average molecular weight is 388 g/mol. The van der Waals surface area contributed by atoms with E-state index in [0.717, 1.165) is 0 Å². The molecule has 0 spiro atoms. The molecule has 0 aliphatic carbocycles. The molecule has 0 bridgehead atoms. The van der Waals surface area contributed by atoms with Crippen LogP contribution in [-0.4, -0.2) is 44.7 Å². The lowest BCUT2D eigenvalue weighted by molar-refractivity contribution is -0.131. The van der Waals surface area contributed by atoms with E-state index in [2.05, 4.69) is 44.5 Å². The van der Waals surface area contributed by atoms with Gasteiger partial charge in [0.25, 0.3) is 0 Å². The maximum Gasteiger partial charge on any atom is 0.243 e. The van der Waals surface area contributed by atoms with Crippen LogP contribution in [0, 0.1) is 5.92 Å². The van der Waals surface area contributed by atoms with Gasteiger partial charge in [-0.05, 0) is 36.9 Å². The van der Waals surface area contributed by atoms with Crippen LogP contribution < -0.4 is 16.4 Å². The summed E-state index contributed by atoms with van der Waals surface area (Å²) >= 11 is 0. The number of hydrogen-bond acceptors (Lipinski definition) is 4. The smallest absolute Gasteiger partial charge is 0.243 e. The predicted molar refractivity (Wildman–Crippen MR) is 106 cm³/mol. The van der Waals surface area contributed by atoms with Gasteiger partial charge in [0, 0.05) is 13.5 Å².